The van der Waals surface area contributed by atoms with Crippen LogP contribution < -0.4 is 0 Å². The van der Waals surface area contributed by atoms with Gasteiger partial charge in [-0.15, -0.1) is 0 Å². The summed E-state index contributed by atoms with van der Waals surface area (Å²) >= 11 is 0. The highest BCUT2D eigenvalue weighted by Gasteiger charge is 2.18. The number of hydrogen-bond acceptors (Lipinski definition) is 3. The summed E-state index contributed by atoms with van der Waals surface area (Å²) in [4.78, 5) is 10.8. The average Bonchev–Trinajstić information content (AvgIpc) is 2.35. The highest BCUT2D eigenvalue weighted by molar-refractivity contribution is 7.90. The monoisotopic (exact) mass is 312 g/mol. The van der Waals surface area contributed by atoms with Gasteiger partial charge in [-0.2, -0.15) is 0 Å². The van der Waals surface area contributed by atoms with E-state index in [4.69, 9.17) is 5.11 Å². The van der Waals surface area contributed by atoms with Gasteiger partial charge in [-0.05, 0) is 35.9 Å². The Morgan fingerprint density at radius 1 is 1.05 bits per heavy atom. The van der Waals surface area contributed by atoms with E-state index in [1.807, 2.05) is 0 Å². The molecule has 0 saturated heterocycles. The molecule has 21 heavy (non-hydrogen) atoms. The van der Waals surface area contributed by atoms with Crippen molar-refractivity contribution >= 4 is 15.8 Å². The smallest absolute Gasteiger partial charge is 0.335 e. The number of hydrogen-bond donors (Lipinski definition) is 1. The van der Waals surface area contributed by atoms with Gasteiger partial charge in [-0.1, -0.05) is 0 Å². The molecule has 0 unspecified atom stereocenters. The van der Waals surface area contributed by atoms with Crippen LogP contribution in [0.1, 0.15) is 10.4 Å². The number of rotatable bonds is 3. The molecule has 0 aliphatic rings. The van der Waals surface area contributed by atoms with E-state index in [-0.39, 0.29) is 21.6 Å². The van der Waals surface area contributed by atoms with Crippen molar-refractivity contribution in [2.24, 2.45) is 0 Å². The number of benzene rings is 2. The van der Waals surface area contributed by atoms with Crippen molar-refractivity contribution in [2.45, 2.75) is 4.90 Å². The highest BCUT2D eigenvalue weighted by Crippen LogP contribution is 2.29. The maximum atomic E-state index is 13.3. The summed E-state index contributed by atoms with van der Waals surface area (Å²) in [6, 6.07) is 5.84. The van der Waals surface area contributed by atoms with Gasteiger partial charge >= 0.3 is 5.97 Å². The van der Waals surface area contributed by atoms with Gasteiger partial charge in [-0.3, -0.25) is 0 Å². The van der Waals surface area contributed by atoms with Gasteiger partial charge in [0, 0.05) is 17.9 Å². The molecule has 2 rings (SSSR count). The maximum Gasteiger partial charge on any atom is 0.335 e. The van der Waals surface area contributed by atoms with Crippen LogP contribution in [0.25, 0.3) is 11.1 Å². The lowest BCUT2D eigenvalue weighted by Crippen LogP contribution is -2.04. The fraction of sp³-hybridized carbons (Fsp3) is 0.0714. The minimum absolute atomic E-state index is 0.0453. The van der Waals surface area contributed by atoms with Crippen molar-refractivity contribution in [3.63, 3.8) is 0 Å². The highest BCUT2D eigenvalue weighted by atomic mass is 32.2. The minimum atomic E-state index is -3.69. The van der Waals surface area contributed by atoms with E-state index in [2.05, 4.69) is 0 Å². The van der Waals surface area contributed by atoms with Crippen LogP contribution in [-0.2, 0) is 9.84 Å². The van der Waals surface area contributed by atoms with Crippen LogP contribution in [0.2, 0.25) is 0 Å². The Kier molecular flexibility index (Phi) is 3.78. The van der Waals surface area contributed by atoms with Crippen molar-refractivity contribution < 1.29 is 27.1 Å². The SMILES string of the molecule is CS(=O)(=O)c1ccc(C(=O)O)cc1-c1cc(F)cc(F)c1. The van der Waals surface area contributed by atoms with Gasteiger partial charge in [0.1, 0.15) is 11.6 Å². The molecule has 0 saturated carbocycles. The molecule has 0 aromatic heterocycles. The summed E-state index contributed by atoms with van der Waals surface area (Å²) in [6.07, 6.45) is 0.932. The van der Waals surface area contributed by atoms with E-state index in [0.29, 0.717) is 6.07 Å². The van der Waals surface area contributed by atoms with Gasteiger partial charge in [-0.25, -0.2) is 22.0 Å². The molecule has 0 fully saturated rings. The number of carboxylic acids is 1. The van der Waals surface area contributed by atoms with E-state index in [1.165, 1.54) is 0 Å². The Morgan fingerprint density at radius 2 is 1.62 bits per heavy atom. The van der Waals surface area contributed by atoms with E-state index < -0.39 is 27.4 Å². The fourth-order valence-corrected chi connectivity index (χ4v) is 2.81. The zero-order chi connectivity index (χ0) is 15.8. The third-order valence-corrected chi connectivity index (χ3v) is 3.95. The number of sulfone groups is 1. The van der Waals surface area contributed by atoms with Crippen LogP contribution in [0.5, 0.6) is 0 Å². The molecule has 1 N–H and O–H groups in total. The van der Waals surface area contributed by atoms with Crippen LogP contribution >= 0.6 is 0 Å². The number of carboxylic acid groups (broad SMARTS) is 1. The topological polar surface area (TPSA) is 71.4 Å². The molecule has 0 aliphatic carbocycles. The van der Waals surface area contributed by atoms with E-state index in [0.717, 1.165) is 36.6 Å². The van der Waals surface area contributed by atoms with Gasteiger partial charge in [0.05, 0.1) is 10.5 Å². The summed E-state index contributed by atoms with van der Waals surface area (Å²) in [7, 11) is -3.69. The Bertz CT molecular complexity index is 809. The molecule has 0 radical (unpaired) electrons. The number of aromatic carboxylic acids is 1. The number of carbonyl (C=O) groups is 1. The molecule has 0 amide bonds. The van der Waals surface area contributed by atoms with Gasteiger partial charge in [0.2, 0.25) is 0 Å². The molecular weight excluding hydrogens is 302 g/mol. The fourth-order valence-electron chi connectivity index (χ4n) is 1.92. The minimum Gasteiger partial charge on any atom is -0.478 e. The molecule has 2 aromatic rings. The molecule has 0 heterocycles. The zero-order valence-corrected chi connectivity index (χ0v) is 11.6. The van der Waals surface area contributed by atoms with Crippen molar-refractivity contribution in [1.82, 2.24) is 0 Å². The van der Waals surface area contributed by atoms with Crippen LogP contribution in [0, 0.1) is 11.6 Å². The Balaban J connectivity index is 2.80. The molecule has 4 nitrogen and oxygen atoms in total. The maximum absolute atomic E-state index is 13.3. The van der Waals surface area contributed by atoms with Crippen LogP contribution in [-0.4, -0.2) is 25.7 Å². The molecule has 0 atom stereocenters. The molecule has 2 aromatic carbocycles. The first kappa shape index (κ1) is 15.1. The molecular formula is C14H10F2O4S. The van der Waals surface area contributed by atoms with Crippen molar-refractivity contribution in [1.29, 1.82) is 0 Å². The van der Waals surface area contributed by atoms with Crippen molar-refractivity contribution in [3.8, 4) is 11.1 Å². The third-order valence-electron chi connectivity index (χ3n) is 2.80. The molecule has 0 aliphatic heterocycles. The summed E-state index contributed by atoms with van der Waals surface area (Å²) in [5, 5.41) is 8.96. The van der Waals surface area contributed by atoms with E-state index in [1.54, 1.807) is 0 Å². The van der Waals surface area contributed by atoms with Crippen molar-refractivity contribution in [3.05, 3.63) is 53.6 Å². The lowest BCUT2D eigenvalue weighted by Gasteiger charge is -2.10. The molecule has 110 valence electrons. The van der Waals surface area contributed by atoms with E-state index in [9.17, 15) is 22.0 Å². The normalized spacial score (nSPS) is 11.4. The standard InChI is InChI=1S/C14H10F2O4S/c1-21(19,20)13-3-2-8(14(17)18)6-12(13)9-4-10(15)7-11(16)5-9/h2-7H,1H3,(H,17,18). The lowest BCUT2D eigenvalue weighted by atomic mass is 10.0. The average molecular weight is 312 g/mol. The molecule has 0 spiro atoms. The summed E-state index contributed by atoms with van der Waals surface area (Å²) in [5.41, 5.74) is -0.283. The summed E-state index contributed by atoms with van der Waals surface area (Å²) < 4.78 is 50.1. The first-order chi connectivity index (χ1) is 9.68. The molecule has 7 heteroatoms. The van der Waals surface area contributed by atoms with Gasteiger partial charge < -0.3 is 5.11 Å². The first-order valence-corrected chi connectivity index (χ1v) is 7.61. The van der Waals surface area contributed by atoms with Gasteiger partial charge in [0.25, 0.3) is 0 Å². The quantitative estimate of drug-likeness (QED) is 0.946. The van der Waals surface area contributed by atoms with Crippen LogP contribution in [0.4, 0.5) is 8.78 Å². The van der Waals surface area contributed by atoms with Crippen LogP contribution in [0.3, 0.4) is 0 Å². The lowest BCUT2D eigenvalue weighted by molar-refractivity contribution is 0.0697. The summed E-state index contributed by atoms with van der Waals surface area (Å²) in [5.74, 6) is -3.04. The second-order valence-corrected chi connectivity index (χ2v) is 6.43. The second-order valence-electron chi connectivity index (χ2n) is 4.45. The number of halogens is 2. The Labute approximate surface area is 119 Å². The predicted octanol–water partition coefficient (Wildman–Crippen LogP) is 2.73. The predicted molar refractivity (Wildman–Crippen MR) is 71.9 cm³/mol. The molecule has 0 bridgehead atoms. The Morgan fingerprint density at radius 3 is 2.10 bits per heavy atom. The van der Waals surface area contributed by atoms with E-state index >= 15 is 0 Å². The summed E-state index contributed by atoms with van der Waals surface area (Å²) in [6.45, 7) is 0. The zero-order valence-electron chi connectivity index (χ0n) is 10.8. The largest absolute Gasteiger partial charge is 0.478 e. The second kappa shape index (κ2) is 5.25. The third kappa shape index (κ3) is 3.25. The van der Waals surface area contributed by atoms with Crippen LogP contribution in [0.15, 0.2) is 41.3 Å². The van der Waals surface area contributed by atoms with Gasteiger partial charge in [0.15, 0.2) is 9.84 Å². The van der Waals surface area contributed by atoms with Crippen molar-refractivity contribution in [2.75, 3.05) is 6.26 Å². The first-order valence-electron chi connectivity index (χ1n) is 5.72. The Hall–Kier alpha value is -2.28.